The van der Waals surface area contributed by atoms with Crippen molar-refractivity contribution in [1.29, 1.82) is 0 Å². The van der Waals surface area contributed by atoms with Crippen LogP contribution in [0.15, 0.2) is 60.0 Å². The Bertz CT molecular complexity index is 1140. The smallest absolute Gasteiger partial charge is 0.321 e. The fourth-order valence-corrected chi connectivity index (χ4v) is 3.98. The number of carboxylic acid groups (broad SMARTS) is 1. The van der Waals surface area contributed by atoms with Crippen molar-refractivity contribution in [3.63, 3.8) is 0 Å². The van der Waals surface area contributed by atoms with Gasteiger partial charge in [0.2, 0.25) is 0 Å². The summed E-state index contributed by atoms with van der Waals surface area (Å²) in [4.78, 5) is 39.9. The van der Waals surface area contributed by atoms with Crippen LogP contribution in [0.1, 0.15) is 47.8 Å². The Morgan fingerprint density at radius 1 is 1.03 bits per heavy atom. The van der Waals surface area contributed by atoms with Gasteiger partial charge < -0.3 is 20.8 Å². The van der Waals surface area contributed by atoms with E-state index in [1.54, 1.807) is 38.1 Å². The molecule has 0 bridgehead atoms. The number of anilines is 2. The van der Waals surface area contributed by atoms with Gasteiger partial charge in [-0.2, -0.15) is 0 Å². The van der Waals surface area contributed by atoms with Gasteiger partial charge in [0.05, 0.1) is 12.0 Å². The minimum absolute atomic E-state index is 0.146. The standard InChI is InChI=1S/C24H26N4O5S/c1-24(2,33)18(12-20(29)30)16-8-10-17(11-9-16)26-21(31)19-14-34-23(27-19)28-22(32)25-13-15-6-4-3-5-7-15/h3-11,14,18,33H,12-13H2,1-2H3,(H,26,31)(H,29,30)(H2,25,27,28,32). The van der Waals surface area contributed by atoms with Gasteiger partial charge in [0.15, 0.2) is 5.13 Å². The average Bonchev–Trinajstić information content (AvgIpc) is 3.25. The van der Waals surface area contributed by atoms with Crippen LogP contribution in [0.2, 0.25) is 0 Å². The number of rotatable bonds is 9. The molecule has 178 valence electrons. The van der Waals surface area contributed by atoms with E-state index in [0.29, 0.717) is 17.8 Å². The number of nitrogens with zero attached hydrogens (tertiary/aromatic N) is 1. The van der Waals surface area contributed by atoms with Crippen LogP contribution in [0.25, 0.3) is 0 Å². The number of aromatic nitrogens is 1. The van der Waals surface area contributed by atoms with Crippen LogP contribution >= 0.6 is 11.3 Å². The summed E-state index contributed by atoms with van der Waals surface area (Å²) in [6.07, 6.45) is -0.220. The second kappa shape index (κ2) is 10.9. The molecule has 0 aliphatic carbocycles. The number of nitrogens with one attached hydrogen (secondary N) is 3. The predicted molar refractivity (Wildman–Crippen MR) is 130 cm³/mol. The van der Waals surface area contributed by atoms with Crippen molar-refractivity contribution in [1.82, 2.24) is 10.3 Å². The van der Waals surface area contributed by atoms with Crippen LogP contribution in [-0.2, 0) is 11.3 Å². The Hall–Kier alpha value is -3.76. The lowest BCUT2D eigenvalue weighted by atomic mass is 9.82. The molecule has 0 aliphatic heterocycles. The van der Waals surface area contributed by atoms with E-state index in [4.69, 9.17) is 5.11 Å². The number of amides is 3. The van der Waals surface area contributed by atoms with Crippen LogP contribution in [0.5, 0.6) is 0 Å². The number of urea groups is 1. The zero-order chi connectivity index (χ0) is 24.7. The Labute approximate surface area is 200 Å². The third-order valence-electron chi connectivity index (χ3n) is 5.06. The summed E-state index contributed by atoms with van der Waals surface area (Å²) in [6.45, 7) is 3.49. The first-order valence-electron chi connectivity index (χ1n) is 10.5. The fraction of sp³-hybridized carbons (Fsp3) is 0.250. The number of aliphatic carboxylic acids is 1. The van der Waals surface area contributed by atoms with Gasteiger partial charge in [0.1, 0.15) is 5.69 Å². The normalized spacial score (nSPS) is 12.0. The minimum Gasteiger partial charge on any atom is -0.481 e. The molecule has 3 amide bonds. The van der Waals surface area contributed by atoms with Crippen molar-refractivity contribution < 1.29 is 24.6 Å². The van der Waals surface area contributed by atoms with Crippen molar-refractivity contribution in [2.45, 2.75) is 38.3 Å². The Kier molecular flexibility index (Phi) is 7.98. The average molecular weight is 483 g/mol. The highest BCUT2D eigenvalue weighted by atomic mass is 32.1. The molecule has 1 atom stereocenters. The molecule has 0 spiro atoms. The van der Waals surface area contributed by atoms with E-state index in [1.807, 2.05) is 30.3 Å². The van der Waals surface area contributed by atoms with Crippen LogP contribution < -0.4 is 16.0 Å². The Balaban J connectivity index is 1.56. The molecule has 10 heteroatoms. The van der Waals surface area contributed by atoms with Crippen LogP contribution in [0.3, 0.4) is 0 Å². The summed E-state index contributed by atoms with van der Waals surface area (Å²) in [7, 11) is 0. The Morgan fingerprint density at radius 3 is 2.32 bits per heavy atom. The van der Waals surface area contributed by atoms with Crippen molar-refractivity contribution in [3.05, 3.63) is 76.8 Å². The molecule has 34 heavy (non-hydrogen) atoms. The molecular formula is C24H26N4O5S. The maximum atomic E-state index is 12.5. The summed E-state index contributed by atoms with van der Waals surface area (Å²) in [5.74, 6) is -2.06. The second-order valence-electron chi connectivity index (χ2n) is 8.21. The lowest BCUT2D eigenvalue weighted by Crippen LogP contribution is -2.30. The van der Waals surface area contributed by atoms with Crippen LogP contribution in [0.4, 0.5) is 15.6 Å². The summed E-state index contributed by atoms with van der Waals surface area (Å²) in [6, 6.07) is 15.7. The number of aliphatic hydroxyl groups is 1. The van der Waals surface area contributed by atoms with Crippen LogP contribution in [0, 0.1) is 0 Å². The number of carbonyl (C=O) groups is 3. The van der Waals surface area contributed by atoms with Crippen molar-refractivity contribution >= 4 is 40.1 Å². The first-order chi connectivity index (χ1) is 16.1. The van der Waals surface area contributed by atoms with Gasteiger partial charge in [0, 0.05) is 23.5 Å². The number of carbonyl (C=O) groups excluding carboxylic acids is 2. The fourth-order valence-electron chi connectivity index (χ4n) is 3.30. The molecule has 1 heterocycles. The number of thiazole rings is 1. The van der Waals surface area contributed by atoms with Gasteiger partial charge in [-0.1, -0.05) is 42.5 Å². The Morgan fingerprint density at radius 2 is 1.71 bits per heavy atom. The van der Waals surface area contributed by atoms with E-state index < -0.39 is 29.4 Å². The second-order valence-corrected chi connectivity index (χ2v) is 9.07. The zero-order valence-corrected chi connectivity index (χ0v) is 19.6. The molecule has 0 aliphatic rings. The van der Waals surface area contributed by atoms with E-state index >= 15 is 0 Å². The lowest BCUT2D eigenvalue weighted by Gasteiger charge is -2.28. The number of hydrogen-bond donors (Lipinski definition) is 5. The molecule has 1 aromatic heterocycles. The van der Waals surface area contributed by atoms with Crippen molar-refractivity contribution in [2.75, 3.05) is 10.6 Å². The molecule has 2 aromatic carbocycles. The SMILES string of the molecule is CC(C)(O)C(CC(=O)O)c1ccc(NC(=O)c2csc(NC(=O)NCc3ccccc3)n2)cc1. The highest BCUT2D eigenvalue weighted by Gasteiger charge is 2.30. The largest absolute Gasteiger partial charge is 0.481 e. The third kappa shape index (κ3) is 7.12. The van der Waals surface area contributed by atoms with Gasteiger partial charge in [-0.15, -0.1) is 11.3 Å². The van der Waals surface area contributed by atoms with Gasteiger partial charge in [0.25, 0.3) is 5.91 Å². The number of carboxylic acids is 1. The van der Waals surface area contributed by atoms with Gasteiger partial charge in [-0.3, -0.25) is 14.9 Å². The summed E-state index contributed by atoms with van der Waals surface area (Å²) in [5, 5.41) is 29.3. The molecule has 0 radical (unpaired) electrons. The molecular weight excluding hydrogens is 456 g/mol. The first kappa shape index (κ1) is 24.9. The quantitative estimate of drug-likeness (QED) is 0.312. The van der Waals surface area contributed by atoms with Crippen molar-refractivity contribution in [2.24, 2.45) is 0 Å². The van der Waals surface area contributed by atoms with E-state index in [9.17, 15) is 19.5 Å². The topological polar surface area (TPSA) is 141 Å². The van der Waals surface area contributed by atoms with E-state index in [0.717, 1.165) is 16.9 Å². The third-order valence-corrected chi connectivity index (χ3v) is 5.81. The first-order valence-corrected chi connectivity index (χ1v) is 11.4. The summed E-state index contributed by atoms with van der Waals surface area (Å²) < 4.78 is 0. The highest BCUT2D eigenvalue weighted by molar-refractivity contribution is 7.14. The van der Waals surface area contributed by atoms with Gasteiger partial charge in [-0.05, 0) is 37.1 Å². The minimum atomic E-state index is -1.22. The van der Waals surface area contributed by atoms with Crippen molar-refractivity contribution in [3.8, 4) is 0 Å². The number of hydrogen-bond acceptors (Lipinski definition) is 6. The van der Waals surface area contributed by atoms with Gasteiger partial charge >= 0.3 is 12.0 Å². The molecule has 3 rings (SSSR count). The molecule has 3 aromatic rings. The van der Waals surface area contributed by atoms with Crippen LogP contribution in [-0.4, -0.2) is 38.7 Å². The molecule has 9 nitrogen and oxygen atoms in total. The molecule has 0 saturated heterocycles. The maximum absolute atomic E-state index is 12.5. The predicted octanol–water partition coefficient (Wildman–Crippen LogP) is 4.05. The summed E-state index contributed by atoms with van der Waals surface area (Å²) in [5.41, 5.74) is 1.02. The summed E-state index contributed by atoms with van der Waals surface area (Å²) >= 11 is 1.13. The van der Waals surface area contributed by atoms with E-state index in [2.05, 4.69) is 20.9 Å². The zero-order valence-electron chi connectivity index (χ0n) is 18.7. The highest BCUT2D eigenvalue weighted by Crippen LogP contribution is 2.32. The lowest BCUT2D eigenvalue weighted by molar-refractivity contribution is -0.139. The number of benzene rings is 2. The molecule has 0 saturated carbocycles. The van der Waals surface area contributed by atoms with Gasteiger partial charge in [-0.25, -0.2) is 9.78 Å². The van der Waals surface area contributed by atoms with E-state index in [-0.39, 0.29) is 17.2 Å². The molecule has 0 fully saturated rings. The molecule has 1 unspecified atom stereocenters. The molecule has 5 N–H and O–H groups in total. The maximum Gasteiger partial charge on any atom is 0.321 e. The van der Waals surface area contributed by atoms with E-state index in [1.165, 1.54) is 5.38 Å². The monoisotopic (exact) mass is 482 g/mol.